The van der Waals surface area contributed by atoms with E-state index in [1.54, 1.807) is 25.1 Å². The zero-order chi connectivity index (χ0) is 18.6. The quantitative estimate of drug-likeness (QED) is 0.792. The van der Waals surface area contributed by atoms with Crippen molar-refractivity contribution in [1.29, 1.82) is 0 Å². The van der Waals surface area contributed by atoms with Crippen LogP contribution in [0.4, 0.5) is 5.69 Å². The molecule has 2 aromatic carbocycles. The van der Waals surface area contributed by atoms with Gasteiger partial charge in [-0.05, 0) is 42.8 Å². The molecule has 0 spiro atoms. The minimum Gasteiger partial charge on any atom is -0.496 e. The van der Waals surface area contributed by atoms with E-state index in [1.807, 2.05) is 0 Å². The van der Waals surface area contributed by atoms with Crippen LogP contribution in [0.1, 0.15) is 12.5 Å². The van der Waals surface area contributed by atoms with Gasteiger partial charge in [0, 0.05) is 18.7 Å². The predicted molar refractivity (Wildman–Crippen MR) is 92.8 cm³/mol. The molecule has 0 heterocycles. The fourth-order valence-corrected chi connectivity index (χ4v) is 3.28. The molecule has 8 heteroatoms. The van der Waals surface area contributed by atoms with Crippen molar-refractivity contribution in [3.8, 4) is 17.2 Å². The zero-order valence-corrected chi connectivity index (χ0v) is 15.1. The summed E-state index contributed by atoms with van der Waals surface area (Å²) in [4.78, 5) is 10.9. The SMILES string of the molecule is COc1cc(S(=O)(=O)Oc2ccc(NC(C)=O)cc2)c(OC)cc1C. The van der Waals surface area contributed by atoms with E-state index >= 15 is 0 Å². The molecule has 2 aromatic rings. The maximum atomic E-state index is 12.6. The Balaban J connectivity index is 2.34. The number of amides is 1. The number of methoxy groups -OCH3 is 2. The van der Waals surface area contributed by atoms with Crippen LogP contribution in [0.15, 0.2) is 41.3 Å². The summed E-state index contributed by atoms with van der Waals surface area (Å²) < 4.78 is 40.7. The van der Waals surface area contributed by atoms with Crippen molar-refractivity contribution in [2.75, 3.05) is 19.5 Å². The summed E-state index contributed by atoms with van der Waals surface area (Å²) in [5.74, 6) is 0.450. The number of ether oxygens (including phenoxy) is 2. The lowest BCUT2D eigenvalue weighted by Crippen LogP contribution is -2.12. The van der Waals surface area contributed by atoms with Crippen LogP contribution in [-0.2, 0) is 14.9 Å². The maximum Gasteiger partial charge on any atom is 0.343 e. The number of hydrogen-bond donors (Lipinski definition) is 1. The Morgan fingerprint density at radius 1 is 1.00 bits per heavy atom. The van der Waals surface area contributed by atoms with E-state index in [0.717, 1.165) is 5.56 Å². The Labute approximate surface area is 146 Å². The van der Waals surface area contributed by atoms with Gasteiger partial charge in [-0.25, -0.2) is 0 Å². The highest BCUT2D eigenvalue weighted by atomic mass is 32.2. The van der Waals surface area contributed by atoms with E-state index in [4.69, 9.17) is 13.7 Å². The zero-order valence-electron chi connectivity index (χ0n) is 14.3. The van der Waals surface area contributed by atoms with Gasteiger partial charge in [0.25, 0.3) is 0 Å². The number of benzene rings is 2. The normalized spacial score (nSPS) is 10.9. The van der Waals surface area contributed by atoms with Crippen molar-refractivity contribution in [3.05, 3.63) is 42.0 Å². The highest BCUT2D eigenvalue weighted by molar-refractivity contribution is 7.87. The summed E-state index contributed by atoms with van der Waals surface area (Å²) in [5.41, 5.74) is 1.27. The molecule has 134 valence electrons. The van der Waals surface area contributed by atoms with Crippen LogP contribution >= 0.6 is 0 Å². The van der Waals surface area contributed by atoms with Crippen LogP contribution < -0.4 is 19.0 Å². The molecule has 0 aliphatic rings. The Kier molecular flexibility index (Phi) is 5.53. The van der Waals surface area contributed by atoms with E-state index < -0.39 is 10.1 Å². The molecule has 0 saturated heterocycles. The Hall–Kier alpha value is -2.74. The van der Waals surface area contributed by atoms with Gasteiger partial charge < -0.3 is 19.0 Å². The third-order valence-corrected chi connectivity index (χ3v) is 4.60. The molecule has 2 rings (SSSR count). The van der Waals surface area contributed by atoms with Crippen molar-refractivity contribution in [2.45, 2.75) is 18.7 Å². The summed E-state index contributed by atoms with van der Waals surface area (Å²) in [7, 11) is -1.31. The van der Waals surface area contributed by atoms with Gasteiger partial charge in [-0.1, -0.05) is 0 Å². The highest BCUT2D eigenvalue weighted by Gasteiger charge is 2.24. The van der Waals surface area contributed by atoms with Gasteiger partial charge in [-0.3, -0.25) is 4.79 Å². The van der Waals surface area contributed by atoms with Crippen LogP contribution in [0.25, 0.3) is 0 Å². The first-order valence-electron chi connectivity index (χ1n) is 7.31. The molecule has 0 aliphatic carbocycles. The molecule has 0 bridgehead atoms. The van der Waals surface area contributed by atoms with Crippen LogP contribution in [0, 0.1) is 6.92 Å². The monoisotopic (exact) mass is 365 g/mol. The molecule has 1 N–H and O–H groups in total. The lowest BCUT2D eigenvalue weighted by Gasteiger charge is -2.14. The summed E-state index contributed by atoms with van der Waals surface area (Å²) in [6, 6.07) is 8.89. The third kappa shape index (κ3) is 4.42. The van der Waals surface area contributed by atoms with Crippen LogP contribution in [0.2, 0.25) is 0 Å². The molecule has 0 aromatic heterocycles. The van der Waals surface area contributed by atoms with Gasteiger partial charge in [-0.2, -0.15) is 8.42 Å². The van der Waals surface area contributed by atoms with Crippen molar-refractivity contribution < 1.29 is 26.9 Å². The van der Waals surface area contributed by atoms with E-state index in [2.05, 4.69) is 5.32 Å². The molecular formula is C17H19NO6S. The van der Waals surface area contributed by atoms with Gasteiger partial charge in [-0.15, -0.1) is 0 Å². The fraction of sp³-hybridized carbons (Fsp3) is 0.235. The third-order valence-electron chi connectivity index (χ3n) is 3.33. The maximum absolute atomic E-state index is 12.6. The molecule has 7 nitrogen and oxygen atoms in total. The summed E-state index contributed by atoms with van der Waals surface area (Å²) >= 11 is 0. The fourth-order valence-electron chi connectivity index (χ4n) is 2.19. The minimum absolute atomic E-state index is 0.107. The molecule has 0 radical (unpaired) electrons. The summed E-state index contributed by atoms with van der Waals surface area (Å²) in [6.07, 6.45) is 0. The standard InChI is InChI=1S/C17H19NO6S/c1-11-9-16(23-4)17(10-15(11)22-3)25(20,21)24-14-7-5-13(6-8-14)18-12(2)19/h5-10H,1-4H3,(H,18,19). The topological polar surface area (TPSA) is 90.9 Å². The second-order valence-corrected chi connectivity index (χ2v) is 6.73. The smallest absolute Gasteiger partial charge is 0.343 e. The molecule has 0 fully saturated rings. The molecule has 25 heavy (non-hydrogen) atoms. The Bertz CT molecular complexity index is 875. The average molecular weight is 365 g/mol. The van der Waals surface area contributed by atoms with Crippen molar-refractivity contribution >= 4 is 21.7 Å². The van der Waals surface area contributed by atoms with Gasteiger partial charge in [0.15, 0.2) is 4.90 Å². The number of carbonyl (C=O) groups excluding carboxylic acids is 1. The molecule has 0 aliphatic heterocycles. The Morgan fingerprint density at radius 2 is 1.60 bits per heavy atom. The molecular weight excluding hydrogens is 346 g/mol. The first-order chi connectivity index (χ1) is 11.8. The van der Waals surface area contributed by atoms with Gasteiger partial charge >= 0.3 is 10.1 Å². The lowest BCUT2D eigenvalue weighted by molar-refractivity contribution is -0.114. The number of rotatable bonds is 6. The van der Waals surface area contributed by atoms with Crippen molar-refractivity contribution in [2.24, 2.45) is 0 Å². The van der Waals surface area contributed by atoms with E-state index in [0.29, 0.717) is 11.4 Å². The number of carbonyl (C=O) groups is 1. The summed E-state index contributed by atoms with van der Waals surface area (Å²) in [5, 5.41) is 2.59. The van der Waals surface area contributed by atoms with Gasteiger partial charge in [0.2, 0.25) is 5.91 Å². The number of aryl methyl sites for hydroxylation is 1. The average Bonchev–Trinajstić information content (AvgIpc) is 2.55. The van der Waals surface area contributed by atoms with Crippen molar-refractivity contribution in [3.63, 3.8) is 0 Å². The van der Waals surface area contributed by atoms with E-state index in [9.17, 15) is 13.2 Å². The lowest BCUT2D eigenvalue weighted by atomic mass is 10.2. The largest absolute Gasteiger partial charge is 0.496 e. The van der Waals surface area contributed by atoms with Crippen LogP contribution in [0.3, 0.4) is 0 Å². The first-order valence-corrected chi connectivity index (χ1v) is 8.72. The van der Waals surface area contributed by atoms with E-state index in [1.165, 1.54) is 39.3 Å². The summed E-state index contributed by atoms with van der Waals surface area (Å²) in [6.45, 7) is 3.16. The van der Waals surface area contributed by atoms with Gasteiger partial charge in [0.1, 0.15) is 17.2 Å². The number of anilines is 1. The molecule has 0 unspecified atom stereocenters. The van der Waals surface area contributed by atoms with Crippen LogP contribution in [-0.4, -0.2) is 28.5 Å². The molecule has 0 atom stereocenters. The van der Waals surface area contributed by atoms with Gasteiger partial charge in [0.05, 0.1) is 14.2 Å². The second-order valence-electron chi connectivity index (χ2n) is 5.22. The Morgan fingerprint density at radius 3 is 2.12 bits per heavy atom. The van der Waals surface area contributed by atoms with Crippen molar-refractivity contribution in [1.82, 2.24) is 0 Å². The minimum atomic E-state index is -4.13. The van der Waals surface area contributed by atoms with Crippen LogP contribution in [0.5, 0.6) is 17.2 Å². The molecule has 1 amide bonds. The first kappa shape index (κ1) is 18.6. The number of hydrogen-bond acceptors (Lipinski definition) is 6. The predicted octanol–water partition coefficient (Wildman–Crippen LogP) is 2.74. The second kappa shape index (κ2) is 7.43. The molecule has 0 saturated carbocycles. The number of nitrogens with one attached hydrogen (secondary N) is 1. The van der Waals surface area contributed by atoms with E-state index in [-0.39, 0.29) is 22.3 Å². The highest BCUT2D eigenvalue weighted by Crippen LogP contribution is 2.33.